The molecule has 1 N–H and O–H groups in total. The maximum absolute atomic E-state index is 5.51. The molecule has 0 saturated heterocycles. The molecule has 1 aliphatic heterocycles. The van der Waals surface area contributed by atoms with E-state index in [4.69, 9.17) is 19.2 Å². The molecule has 0 unspecified atom stereocenters. The number of aromatic amines is 1. The Labute approximate surface area is 147 Å². The van der Waals surface area contributed by atoms with Crippen LogP contribution in [-0.2, 0) is 4.74 Å². The quantitative estimate of drug-likeness (QED) is 0.896. The molecule has 5 heteroatoms. The molecule has 25 heavy (non-hydrogen) atoms. The summed E-state index contributed by atoms with van der Waals surface area (Å²) in [5, 5.41) is 0. The fourth-order valence-electron chi connectivity index (χ4n) is 2.87. The number of nitrogens with one attached hydrogen (secondary N) is 1. The number of allylic oxidation sites excluding steroid dienone is 1. The zero-order chi connectivity index (χ0) is 18.0. The lowest BCUT2D eigenvalue weighted by Crippen LogP contribution is -1.99. The van der Waals surface area contributed by atoms with Crippen molar-refractivity contribution in [1.29, 1.82) is 0 Å². The number of H-pyrrole nitrogens is 1. The third kappa shape index (κ3) is 3.31. The topological polar surface area (TPSA) is 55.8 Å². The first-order valence-electron chi connectivity index (χ1n) is 8.00. The van der Waals surface area contributed by atoms with Gasteiger partial charge in [-0.25, -0.2) is 4.99 Å². The number of benzene rings is 1. The summed E-state index contributed by atoms with van der Waals surface area (Å²) < 4.78 is 16.3. The third-order valence-electron chi connectivity index (χ3n) is 4.14. The van der Waals surface area contributed by atoms with Gasteiger partial charge in [-0.1, -0.05) is 0 Å². The van der Waals surface area contributed by atoms with Crippen LogP contribution in [0.1, 0.15) is 22.5 Å². The highest BCUT2D eigenvalue weighted by molar-refractivity contribution is 6.13. The Morgan fingerprint density at radius 2 is 1.80 bits per heavy atom. The number of aryl methyl sites for hydroxylation is 2. The number of aromatic nitrogens is 1. The molecule has 3 rings (SSSR count). The first-order chi connectivity index (χ1) is 12.0. The second kappa shape index (κ2) is 6.89. The summed E-state index contributed by atoms with van der Waals surface area (Å²) in [5.41, 5.74) is 5.78. The summed E-state index contributed by atoms with van der Waals surface area (Å²) >= 11 is 0. The van der Waals surface area contributed by atoms with Gasteiger partial charge in [0.1, 0.15) is 23.0 Å². The van der Waals surface area contributed by atoms with E-state index in [0.29, 0.717) is 5.75 Å². The second-order valence-corrected chi connectivity index (χ2v) is 5.85. The van der Waals surface area contributed by atoms with Crippen LogP contribution in [0.15, 0.2) is 46.8 Å². The fraction of sp³-hybridized carbons (Fsp3) is 0.250. The molecule has 0 amide bonds. The first kappa shape index (κ1) is 16.9. The van der Waals surface area contributed by atoms with Gasteiger partial charge in [-0.3, -0.25) is 0 Å². The van der Waals surface area contributed by atoms with Crippen molar-refractivity contribution in [3.63, 3.8) is 0 Å². The average Bonchev–Trinajstić information content (AvgIpc) is 3.16. The number of methoxy groups -OCH3 is 3. The molecule has 0 atom stereocenters. The van der Waals surface area contributed by atoms with Gasteiger partial charge >= 0.3 is 0 Å². The van der Waals surface area contributed by atoms with Gasteiger partial charge in [0.15, 0.2) is 0 Å². The van der Waals surface area contributed by atoms with Crippen LogP contribution in [0.5, 0.6) is 11.5 Å². The fourth-order valence-corrected chi connectivity index (χ4v) is 2.87. The van der Waals surface area contributed by atoms with Crippen LogP contribution in [0.2, 0.25) is 0 Å². The molecule has 2 aromatic rings. The Morgan fingerprint density at radius 3 is 2.40 bits per heavy atom. The molecule has 0 aliphatic carbocycles. The monoisotopic (exact) mass is 338 g/mol. The maximum atomic E-state index is 5.51. The summed E-state index contributed by atoms with van der Waals surface area (Å²) in [6.45, 7) is 4.10. The van der Waals surface area contributed by atoms with Crippen molar-refractivity contribution >= 4 is 11.8 Å². The molecule has 0 saturated carbocycles. The maximum Gasteiger partial charge on any atom is 0.146 e. The van der Waals surface area contributed by atoms with E-state index in [0.717, 1.165) is 39.9 Å². The van der Waals surface area contributed by atoms with Crippen molar-refractivity contribution in [1.82, 2.24) is 4.98 Å². The van der Waals surface area contributed by atoms with Crippen molar-refractivity contribution in [2.75, 3.05) is 21.3 Å². The lowest BCUT2D eigenvalue weighted by molar-refractivity contribution is 0.303. The van der Waals surface area contributed by atoms with Crippen LogP contribution in [0.3, 0.4) is 0 Å². The lowest BCUT2D eigenvalue weighted by atomic mass is 10.1. The molecule has 1 aromatic heterocycles. The molecule has 1 aromatic carbocycles. The standard InChI is InChI=1S/C20H22N2O3/c1-12-8-13(2)21-16(12)10-18-20(25-5)11-17(22-18)15-7-6-14(23-3)9-19(15)24-4/h6-11,21H,1-5H3/b18-10+. The Hall–Kier alpha value is -2.95. The van der Waals surface area contributed by atoms with Gasteiger partial charge in [0, 0.05) is 29.1 Å². The van der Waals surface area contributed by atoms with Crippen LogP contribution in [0.4, 0.5) is 0 Å². The molecule has 0 fully saturated rings. The number of aliphatic imine (C=N–C) groups is 1. The molecule has 0 spiro atoms. The van der Waals surface area contributed by atoms with Gasteiger partial charge in [0.05, 0.1) is 27.0 Å². The largest absolute Gasteiger partial charge is 0.497 e. The van der Waals surface area contributed by atoms with E-state index in [1.165, 1.54) is 5.56 Å². The van der Waals surface area contributed by atoms with Crippen LogP contribution in [0.25, 0.3) is 6.08 Å². The number of hydrogen-bond acceptors (Lipinski definition) is 4. The SMILES string of the molecule is COC1=CC(c2ccc(OC)cc2OC)=N/C1=C/c1[nH]c(C)cc1C. The van der Waals surface area contributed by atoms with E-state index < -0.39 is 0 Å². The van der Waals surface area contributed by atoms with Gasteiger partial charge in [-0.2, -0.15) is 0 Å². The van der Waals surface area contributed by atoms with E-state index >= 15 is 0 Å². The minimum atomic E-state index is 0.706. The third-order valence-corrected chi connectivity index (χ3v) is 4.14. The molecule has 130 valence electrons. The van der Waals surface area contributed by atoms with E-state index in [-0.39, 0.29) is 0 Å². The van der Waals surface area contributed by atoms with Gasteiger partial charge in [0.2, 0.25) is 0 Å². The van der Waals surface area contributed by atoms with E-state index in [1.807, 2.05) is 37.3 Å². The minimum Gasteiger partial charge on any atom is -0.497 e. The molecule has 5 nitrogen and oxygen atoms in total. The van der Waals surface area contributed by atoms with E-state index in [2.05, 4.69) is 18.0 Å². The normalized spacial score (nSPS) is 15.2. The highest BCUT2D eigenvalue weighted by Crippen LogP contribution is 2.31. The molecule has 0 bridgehead atoms. The Bertz CT molecular complexity index is 888. The van der Waals surface area contributed by atoms with Crippen molar-refractivity contribution in [3.05, 3.63) is 64.3 Å². The summed E-state index contributed by atoms with van der Waals surface area (Å²) in [7, 11) is 4.92. The van der Waals surface area contributed by atoms with Crippen molar-refractivity contribution < 1.29 is 14.2 Å². The Morgan fingerprint density at radius 1 is 1.00 bits per heavy atom. The molecular formula is C20H22N2O3. The van der Waals surface area contributed by atoms with Crippen LogP contribution in [-0.4, -0.2) is 32.0 Å². The van der Waals surface area contributed by atoms with Crippen molar-refractivity contribution in [2.45, 2.75) is 13.8 Å². The van der Waals surface area contributed by atoms with Gasteiger partial charge in [-0.05, 0) is 43.7 Å². The minimum absolute atomic E-state index is 0.706. The summed E-state index contributed by atoms with van der Waals surface area (Å²) in [6.07, 6.45) is 3.92. The summed E-state index contributed by atoms with van der Waals surface area (Å²) in [4.78, 5) is 8.08. The van der Waals surface area contributed by atoms with Crippen molar-refractivity contribution in [2.24, 2.45) is 4.99 Å². The summed E-state index contributed by atoms with van der Waals surface area (Å²) in [5.74, 6) is 2.17. The van der Waals surface area contributed by atoms with Gasteiger partial charge in [-0.15, -0.1) is 0 Å². The highest BCUT2D eigenvalue weighted by Gasteiger charge is 2.20. The summed E-state index contributed by atoms with van der Waals surface area (Å²) in [6, 6.07) is 7.78. The number of ether oxygens (including phenoxy) is 3. The highest BCUT2D eigenvalue weighted by atomic mass is 16.5. The lowest BCUT2D eigenvalue weighted by Gasteiger charge is -2.09. The number of nitrogens with zero attached hydrogens (tertiary/aromatic N) is 1. The zero-order valence-corrected chi connectivity index (χ0v) is 15.1. The van der Waals surface area contributed by atoms with Crippen molar-refractivity contribution in [3.8, 4) is 11.5 Å². The predicted octanol–water partition coefficient (Wildman–Crippen LogP) is 4.02. The van der Waals surface area contributed by atoms with Gasteiger partial charge < -0.3 is 19.2 Å². The molecule has 0 radical (unpaired) electrons. The Kier molecular flexibility index (Phi) is 4.65. The smallest absolute Gasteiger partial charge is 0.146 e. The zero-order valence-electron chi connectivity index (χ0n) is 15.1. The second-order valence-electron chi connectivity index (χ2n) is 5.85. The van der Waals surface area contributed by atoms with Crippen LogP contribution in [0, 0.1) is 13.8 Å². The van der Waals surface area contributed by atoms with E-state index in [1.54, 1.807) is 21.3 Å². The average molecular weight is 338 g/mol. The first-order valence-corrected chi connectivity index (χ1v) is 8.00. The molecule has 1 aliphatic rings. The molecular weight excluding hydrogens is 316 g/mol. The van der Waals surface area contributed by atoms with Gasteiger partial charge in [0.25, 0.3) is 0 Å². The van der Waals surface area contributed by atoms with Crippen LogP contribution >= 0.6 is 0 Å². The number of hydrogen-bond donors (Lipinski definition) is 1. The number of rotatable bonds is 5. The predicted molar refractivity (Wildman–Crippen MR) is 99.4 cm³/mol. The van der Waals surface area contributed by atoms with Crippen LogP contribution < -0.4 is 9.47 Å². The molecule has 2 heterocycles. The van der Waals surface area contributed by atoms with E-state index in [9.17, 15) is 0 Å². The Balaban J connectivity index is 2.04.